The first-order valence-corrected chi connectivity index (χ1v) is 10.7. The second-order valence-corrected chi connectivity index (χ2v) is 8.94. The van der Waals surface area contributed by atoms with E-state index in [1.54, 1.807) is 23.3 Å². The SMILES string of the molecule is CC(C)C(NC(=O)C1=CN2CCS(=O)(=O)N=C2C=C1)c1nc2ccccc2[nH]1. The second-order valence-electron chi connectivity index (χ2n) is 7.18. The first-order valence-electron chi connectivity index (χ1n) is 9.07. The quantitative estimate of drug-likeness (QED) is 0.816. The van der Waals surface area contributed by atoms with Crippen LogP contribution in [0.5, 0.6) is 0 Å². The van der Waals surface area contributed by atoms with Crippen molar-refractivity contribution in [3.63, 3.8) is 0 Å². The van der Waals surface area contributed by atoms with Gasteiger partial charge in [-0.25, -0.2) is 13.4 Å². The summed E-state index contributed by atoms with van der Waals surface area (Å²) < 4.78 is 27.0. The molecule has 1 amide bonds. The minimum atomic E-state index is -3.42. The molecule has 3 heterocycles. The molecule has 2 aliphatic heterocycles. The van der Waals surface area contributed by atoms with Gasteiger partial charge in [0.15, 0.2) is 0 Å². The Morgan fingerprint density at radius 3 is 2.79 bits per heavy atom. The van der Waals surface area contributed by atoms with E-state index < -0.39 is 10.0 Å². The van der Waals surface area contributed by atoms with Gasteiger partial charge in [-0.1, -0.05) is 26.0 Å². The molecule has 2 N–H and O–H groups in total. The summed E-state index contributed by atoms with van der Waals surface area (Å²) in [7, 11) is -3.42. The van der Waals surface area contributed by atoms with E-state index >= 15 is 0 Å². The van der Waals surface area contributed by atoms with Crippen LogP contribution in [0.2, 0.25) is 0 Å². The van der Waals surface area contributed by atoms with E-state index in [1.165, 1.54) is 0 Å². The number of imidazole rings is 1. The molecule has 1 aromatic carbocycles. The first-order chi connectivity index (χ1) is 13.3. The fourth-order valence-electron chi connectivity index (χ4n) is 3.23. The number of fused-ring (bicyclic) bond motifs is 2. The number of benzene rings is 1. The number of aromatic nitrogens is 2. The van der Waals surface area contributed by atoms with Gasteiger partial charge >= 0.3 is 0 Å². The Labute approximate surface area is 163 Å². The predicted molar refractivity (Wildman–Crippen MR) is 107 cm³/mol. The fourth-order valence-corrected chi connectivity index (χ4v) is 4.20. The fraction of sp³-hybridized carbons (Fsp3) is 0.316. The summed E-state index contributed by atoms with van der Waals surface area (Å²) in [5.74, 6) is 0.846. The summed E-state index contributed by atoms with van der Waals surface area (Å²) >= 11 is 0. The molecule has 146 valence electrons. The van der Waals surface area contributed by atoms with Crippen molar-refractivity contribution in [3.8, 4) is 0 Å². The van der Waals surface area contributed by atoms with Crippen molar-refractivity contribution >= 4 is 32.8 Å². The lowest BCUT2D eigenvalue weighted by Crippen LogP contribution is -2.39. The number of amides is 1. The number of carbonyl (C=O) groups is 1. The maximum atomic E-state index is 12.8. The van der Waals surface area contributed by atoms with Crippen molar-refractivity contribution in [1.82, 2.24) is 20.2 Å². The monoisotopic (exact) mass is 399 g/mol. The maximum Gasteiger partial charge on any atom is 0.256 e. The van der Waals surface area contributed by atoms with Crippen LogP contribution in [0.3, 0.4) is 0 Å². The van der Waals surface area contributed by atoms with Gasteiger partial charge in [0.1, 0.15) is 11.7 Å². The largest absolute Gasteiger partial charge is 0.342 e. The Morgan fingerprint density at radius 2 is 2.04 bits per heavy atom. The van der Waals surface area contributed by atoms with Gasteiger partial charge in [-0.3, -0.25) is 4.79 Å². The summed E-state index contributed by atoms with van der Waals surface area (Å²) in [6.07, 6.45) is 4.78. The molecule has 4 rings (SSSR count). The molecule has 1 unspecified atom stereocenters. The van der Waals surface area contributed by atoms with Gasteiger partial charge in [-0.05, 0) is 30.2 Å². The lowest BCUT2D eigenvalue weighted by atomic mass is 10.0. The minimum absolute atomic E-state index is 0.0661. The molecule has 0 saturated heterocycles. The molecule has 0 bridgehead atoms. The number of rotatable bonds is 4. The van der Waals surface area contributed by atoms with Gasteiger partial charge in [0.05, 0.1) is 28.4 Å². The van der Waals surface area contributed by atoms with Crippen LogP contribution in [-0.4, -0.2) is 47.3 Å². The Bertz CT molecular complexity index is 1090. The average Bonchev–Trinajstić information content (AvgIpc) is 3.08. The Kier molecular flexibility index (Phi) is 4.54. The number of sulfonamides is 1. The van der Waals surface area contributed by atoms with E-state index in [9.17, 15) is 13.2 Å². The molecule has 0 radical (unpaired) electrons. The van der Waals surface area contributed by atoms with E-state index in [-0.39, 0.29) is 30.2 Å². The van der Waals surface area contributed by atoms with Crippen LogP contribution in [0.1, 0.15) is 25.7 Å². The summed E-state index contributed by atoms with van der Waals surface area (Å²) in [6.45, 7) is 4.31. The van der Waals surface area contributed by atoms with Crippen molar-refractivity contribution < 1.29 is 13.2 Å². The van der Waals surface area contributed by atoms with Crippen LogP contribution in [0, 0.1) is 5.92 Å². The number of hydrogen-bond acceptors (Lipinski definition) is 5. The number of nitrogens with zero attached hydrogens (tertiary/aromatic N) is 3. The number of aromatic amines is 1. The highest BCUT2D eigenvalue weighted by Gasteiger charge is 2.27. The summed E-state index contributed by atoms with van der Waals surface area (Å²) in [4.78, 5) is 22.4. The molecule has 1 aromatic heterocycles. The molecule has 0 aliphatic carbocycles. The normalized spacial score (nSPS) is 19.2. The van der Waals surface area contributed by atoms with Gasteiger partial charge in [0.2, 0.25) is 0 Å². The highest BCUT2D eigenvalue weighted by molar-refractivity contribution is 7.90. The molecular formula is C19H21N5O3S. The van der Waals surface area contributed by atoms with Crippen molar-refractivity contribution in [2.24, 2.45) is 10.3 Å². The zero-order valence-electron chi connectivity index (χ0n) is 15.6. The average molecular weight is 399 g/mol. The second kappa shape index (κ2) is 6.90. The molecule has 28 heavy (non-hydrogen) atoms. The number of carbonyl (C=O) groups excluding carboxylic acids is 1. The molecule has 0 spiro atoms. The highest BCUT2D eigenvalue weighted by atomic mass is 32.2. The lowest BCUT2D eigenvalue weighted by Gasteiger charge is -2.27. The van der Waals surface area contributed by atoms with E-state index in [0.717, 1.165) is 11.0 Å². The Hall–Kier alpha value is -2.94. The standard InChI is InChI=1S/C19H21N5O3S/c1-12(2)17(18-20-14-5-3-4-6-15(14)21-18)22-19(25)13-7-8-16-23-28(26,27)10-9-24(16)11-13/h3-8,11-12,17H,9-10H2,1-2H3,(H,20,21)(H,22,25). The zero-order chi connectivity index (χ0) is 19.9. The Balaban J connectivity index is 1.56. The summed E-state index contributed by atoms with van der Waals surface area (Å²) in [6, 6.07) is 7.44. The van der Waals surface area contributed by atoms with Gasteiger partial charge in [0.25, 0.3) is 15.9 Å². The molecule has 1 atom stereocenters. The maximum absolute atomic E-state index is 12.8. The summed E-state index contributed by atoms with van der Waals surface area (Å²) in [5.41, 5.74) is 2.22. The Morgan fingerprint density at radius 1 is 1.25 bits per heavy atom. The zero-order valence-corrected chi connectivity index (χ0v) is 16.4. The van der Waals surface area contributed by atoms with Crippen LogP contribution in [0.15, 0.2) is 52.6 Å². The van der Waals surface area contributed by atoms with Crippen LogP contribution in [0.4, 0.5) is 0 Å². The van der Waals surface area contributed by atoms with Crippen molar-refractivity contribution in [2.75, 3.05) is 12.3 Å². The van der Waals surface area contributed by atoms with Crippen LogP contribution >= 0.6 is 0 Å². The van der Waals surface area contributed by atoms with Gasteiger partial charge in [-0.2, -0.15) is 0 Å². The smallest absolute Gasteiger partial charge is 0.256 e. The minimum Gasteiger partial charge on any atom is -0.342 e. The number of H-pyrrole nitrogens is 1. The van der Waals surface area contributed by atoms with Crippen LogP contribution in [-0.2, 0) is 14.8 Å². The van der Waals surface area contributed by atoms with Crippen molar-refractivity contribution in [1.29, 1.82) is 0 Å². The number of hydrogen-bond donors (Lipinski definition) is 2. The van der Waals surface area contributed by atoms with E-state index in [2.05, 4.69) is 19.7 Å². The lowest BCUT2D eigenvalue weighted by molar-refractivity contribution is -0.118. The molecule has 0 fully saturated rings. The van der Waals surface area contributed by atoms with Gasteiger partial charge in [0, 0.05) is 12.7 Å². The molecule has 0 saturated carbocycles. The third kappa shape index (κ3) is 3.57. The van der Waals surface area contributed by atoms with E-state index in [0.29, 0.717) is 17.2 Å². The molecule has 2 aliphatic rings. The third-order valence-electron chi connectivity index (χ3n) is 4.74. The summed E-state index contributed by atoms with van der Waals surface area (Å²) in [5, 5.41) is 3.04. The molecular weight excluding hydrogens is 378 g/mol. The molecule has 2 aromatic rings. The van der Waals surface area contributed by atoms with Gasteiger partial charge < -0.3 is 15.2 Å². The van der Waals surface area contributed by atoms with Crippen LogP contribution in [0.25, 0.3) is 11.0 Å². The van der Waals surface area contributed by atoms with E-state index in [4.69, 9.17) is 0 Å². The van der Waals surface area contributed by atoms with E-state index in [1.807, 2.05) is 38.1 Å². The third-order valence-corrected chi connectivity index (χ3v) is 5.91. The molecule has 8 nitrogen and oxygen atoms in total. The van der Waals surface area contributed by atoms with Crippen LogP contribution < -0.4 is 5.32 Å². The highest BCUT2D eigenvalue weighted by Crippen LogP contribution is 2.23. The van der Waals surface area contributed by atoms with Gasteiger partial charge in [-0.15, -0.1) is 4.40 Å². The molecule has 9 heteroatoms. The van der Waals surface area contributed by atoms with Crippen molar-refractivity contribution in [2.45, 2.75) is 19.9 Å². The topological polar surface area (TPSA) is 108 Å². The number of para-hydroxylation sites is 2. The number of amidine groups is 1. The van der Waals surface area contributed by atoms with Crippen molar-refractivity contribution in [3.05, 3.63) is 54.0 Å². The first kappa shape index (κ1) is 18.4. The number of nitrogens with one attached hydrogen (secondary N) is 2. The predicted octanol–water partition coefficient (Wildman–Crippen LogP) is 1.87.